The van der Waals surface area contributed by atoms with Crippen molar-refractivity contribution in [3.05, 3.63) is 75.6 Å². The summed E-state index contributed by atoms with van der Waals surface area (Å²) in [5.41, 5.74) is 1.14. The van der Waals surface area contributed by atoms with Crippen molar-refractivity contribution >= 4 is 16.9 Å². The number of benzene rings is 2. The fraction of sp³-hybridized carbons (Fsp3) is 0.105. The number of methoxy groups -OCH3 is 1. The zero-order valence-electron chi connectivity index (χ0n) is 13.3. The molecule has 0 fully saturated rings. The summed E-state index contributed by atoms with van der Waals surface area (Å²) in [5, 5.41) is 9.43. The molecule has 25 heavy (non-hydrogen) atoms. The highest BCUT2D eigenvalue weighted by molar-refractivity contribution is 5.89. The standard InChI is InChI=1S/C19H13NO5/c1-23-15-6-7-16-14(8-18(21)25-17(16)9-15)11-24-19(22)13-4-2-12(10-20)3-5-13/h2-9H,11H2,1H3. The van der Waals surface area contributed by atoms with E-state index in [1.54, 1.807) is 18.2 Å². The Morgan fingerprint density at radius 1 is 1.16 bits per heavy atom. The van der Waals surface area contributed by atoms with Crippen LogP contribution in [0.3, 0.4) is 0 Å². The number of carbonyl (C=O) groups excluding carboxylic acids is 1. The molecular formula is C19H13NO5. The monoisotopic (exact) mass is 335 g/mol. The smallest absolute Gasteiger partial charge is 0.338 e. The minimum Gasteiger partial charge on any atom is -0.497 e. The van der Waals surface area contributed by atoms with Gasteiger partial charge in [0.05, 0.1) is 24.3 Å². The molecule has 0 radical (unpaired) electrons. The van der Waals surface area contributed by atoms with E-state index in [-0.39, 0.29) is 6.61 Å². The van der Waals surface area contributed by atoms with Gasteiger partial charge in [-0.3, -0.25) is 0 Å². The molecule has 0 N–H and O–H groups in total. The van der Waals surface area contributed by atoms with Crippen LogP contribution in [0, 0.1) is 11.3 Å². The number of nitrogens with zero attached hydrogens (tertiary/aromatic N) is 1. The minimum atomic E-state index is -0.542. The molecule has 6 nitrogen and oxygen atoms in total. The van der Waals surface area contributed by atoms with Crippen LogP contribution in [0.5, 0.6) is 5.75 Å². The molecule has 0 saturated heterocycles. The first-order chi connectivity index (χ1) is 12.1. The van der Waals surface area contributed by atoms with Gasteiger partial charge in [-0.05, 0) is 36.4 Å². The third kappa shape index (κ3) is 3.51. The third-order valence-corrected chi connectivity index (χ3v) is 3.65. The van der Waals surface area contributed by atoms with Crippen molar-refractivity contribution in [1.82, 2.24) is 0 Å². The predicted octanol–water partition coefficient (Wildman–Crippen LogP) is 3.03. The topological polar surface area (TPSA) is 89.5 Å². The molecule has 0 spiro atoms. The van der Waals surface area contributed by atoms with Crippen molar-refractivity contribution in [2.75, 3.05) is 7.11 Å². The largest absolute Gasteiger partial charge is 0.497 e. The Bertz CT molecular complexity index is 1030. The summed E-state index contributed by atoms with van der Waals surface area (Å²) < 4.78 is 15.5. The second kappa shape index (κ2) is 6.89. The van der Waals surface area contributed by atoms with Gasteiger partial charge in [-0.25, -0.2) is 9.59 Å². The summed E-state index contributed by atoms with van der Waals surface area (Å²) in [5.74, 6) is 0.0155. The molecule has 3 aromatic rings. The SMILES string of the molecule is COc1ccc2c(COC(=O)c3ccc(C#N)cc3)cc(=O)oc2c1. The maximum Gasteiger partial charge on any atom is 0.338 e. The highest BCUT2D eigenvalue weighted by Crippen LogP contribution is 2.23. The molecule has 1 aromatic heterocycles. The lowest BCUT2D eigenvalue weighted by atomic mass is 10.1. The van der Waals surface area contributed by atoms with Crippen LogP contribution in [0.15, 0.2) is 57.7 Å². The molecule has 0 aliphatic heterocycles. The first-order valence-electron chi connectivity index (χ1n) is 7.39. The summed E-state index contributed by atoms with van der Waals surface area (Å²) in [7, 11) is 1.52. The molecule has 0 bridgehead atoms. The molecule has 0 unspecified atom stereocenters. The number of carbonyl (C=O) groups is 1. The van der Waals surface area contributed by atoms with E-state index in [1.165, 1.54) is 37.4 Å². The maximum absolute atomic E-state index is 12.1. The zero-order valence-corrected chi connectivity index (χ0v) is 13.3. The lowest BCUT2D eigenvalue weighted by Gasteiger charge is -2.08. The zero-order chi connectivity index (χ0) is 17.8. The Hall–Kier alpha value is -3.59. The lowest BCUT2D eigenvalue weighted by Crippen LogP contribution is -2.08. The van der Waals surface area contributed by atoms with E-state index in [1.807, 2.05) is 6.07 Å². The van der Waals surface area contributed by atoms with E-state index < -0.39 is 11.6 Å². The van der Waals surface area contributed by atoms with Crippen LogP contribution in [0.4, 0.5) is 0 Å². The predicted molar refractivity (Wildman–Crippen MR) is 89.3 cm³/mol. The van der Waals surface area contributed by atoms with E-state index in [9.17, 15) is 9.59 Å². The van der Waals surface area contributed by atoms with Gasteiger partial charge in [-0.15, -0.1) is 0 Å². The Morgan fingerprint density at radius 2 is 1.92 bits per heavy atom. The Balaban J connectivity index is 1.84. The molecule has 6 heteroatoms. The Morgan fingerprint density at radius 3 is 2.60 bits per heavy atom. The van der Waals surface area contributed by atoms with Crippen molar-refractivity contribution in [3.8, 4) is 11.8 Å². The second-order valence-electron chi connectivity index (χ2n) is 5.22. The van der Waals surface area contributed by atoms with Gasteiger partial charge in [0.25, 0.3) is 0 Å². The van der Waals surface area contributed by atoms with Crippen molar-refractivity contribution < 1.29 is 18.7 Å². The van der Waals surface area contributed by atoms with Gasteiger partial charge < -0.3 is 13.9 Å². The summed E-state index contributed by atoms with van der Waals surface area (Å²) in [4.78, 5) is 23.8. The highest BCUT2D eigenvalue weighted by Gasteiger charge is 2.11. The van der Waals surface area contributed by atoms with Gasteiger partial charge in [-0.2, -0.15) is 5.26 Å². The fourth-order valence-corrected chi connectivity index (χ4v) is 2.36. The Labute approximate surface area is 142 Å². The number of ether oxygens (including phenoxy) is 2. The average molecular weight is 335 g/mol. The van der Waals surface area contributed by atoms with E-state index in [0.29, 0.717) is 33.4 Å². The van der Waals surface area contributed by atoms with Gasteiger partial charge in [-0.1, -0.05) is 0 Å². The van der Waals surface area contributed by atoms with Crippen LogP contribution in [0.25, 0.3) is 11.0 Å². The van der Waals surface area contributed by atoms with E-state index in [2.05, 4.69) is 0 Å². The summed E-state index contributed by atoms with van der Waals surface area (Å²) in [6.45, 7) is -0.0761. The van der Waals surface area contributed by atoms with E-state index in [0.717, 1.165) is 0 Å². The maximum atomic E-state index is 12.1. The molecule has 124 valence electrons. The normalized spacial score (nSPS) is 10.2. The van der Waals surface area contributed by atoms with Crippen LogP contribution in [0.1, 0.15) is 21.5 Å². The second-order valence-corrected chi connectivity index (χ2v) is 5.22. The van der Waals surface area contributed by atoms with Crippen LogP contribution in [0.2, 0.25) is 0 Å². The van der Waals surface area contributed by atoms with Crippen LogP contribution in [-0.4, -0.2) is 13.1 Å². The number of hydrogen-bond acceptors (Lipinski definition) is 6. The molecule has 0 atom stereocenters. The first kappa shape index (κ1) is 16.3. The number of esters is 1. The number of nitriles is 1. The van der Waals surface area contributed by atoms with Gasteiger partial charge in [0.15, 0.2) is 0 Å². The molecule has 0 amide bonds. The van der Waals surface area contributed by atoms with Gasteiger partial charge in [0.2, 0.25) is 0 Å². The van der Waals surface area contributed by atoms with Gasteiger partial charge in [0.1, 0.15) is 17.9 Å². The highest BCUT2D eigenvalue weighted by atomic mass is 16.5. The quantitative estimate of drug-likeness (QED) is 0.538. The number of rotatable bonds is 4. The first-order valence-corrected chi connectivity index (χ1v) is 7.39. The summed E-state index contributed by atoms with van der Waals surface area (Å²) in [6.07, 6.45) is 0. The minimum absolute atomic E-state index is 0.0761. The number of fused-ring (bicyclic) bond motifs is 1. The van der Waals surface area contributed by atoms with Crippen molar-refractivity contribution in [2.45, 2.75) is 6.61 Å². The molecule has 1 heterocycles. The van der Waals surface area contributed by atoms with Crippen LogP contribution in [-0.2, 0) is 11.3 Å². The summed E-state index contributed by atoms with van der Waals surface area (Å²) >= 11 is 0. The summed E-state index contributed by atoms with van der Waals surface area (Å²) in [6, 6.07) is 14.4. The Kier molecular flexibility index (Phi) is 4.48. The van der Waals surface area contributed by atoms with Crippen molar-refractivity contribution in [1.29, 1.82) is 5.26 Å². The van der Waals surface area contributed by atoms with Crippen LogP contribution >= 0.6 is 0 Å². The van der Waals surface area contributed by atoms with Gasteiger partial charge in [0, 0.05) is 23.1 Å². The van der Waals surface area contributed by atoms with Crippen LogP contribution < -0.4 is 10.4 Å². The van der Waals surface area contributed by atoms with Gasteiger partial charge >= 0.3 is 11.6 Å². The molecule has 0 aliphatic carbocycles. The van der Waals surface area contributed by atoms with Crippen molar-refractivity contribution in [2.24, 2.45) is 0 Å². The fourth-order valence-electron chi connectivity index (χ4n) is 2.36. The molecule has 0 saturated carbocycles. The molecule has 3 rings (SSSR count). The third-order valence-electron chi connectivity index (χ3n) is 3.65. The lowest BCUT2D eigenvalue weighted by molar-refractivity contribution is 0.0474. The van der Waals surface area contributed by atoms with Crippen molar-refractivity contribution in [3.63, 3.8) is 0 Å². The number of hydrogen-bond donors (Lipinski definition) is 0. The molecule has 0 aliphatic rings. The van der Waals surface area contributed by atoms with E-state index >= 15 is 0 Å². The average Bonchev–Trinajstić information content (AvgIpc) is 2.65. The van der Waals surface area contributed by atoms with E-state index in [4.69, 9.17) is 19.2 Å². The molecular weight excluding hydrogens is 322 g/mol. The molecule has 2 aromatic carbocycles.